The summed E-state index contributed by atoms with van der Waals surface area (Å²) in [7, 11) is 0. The van der Waals surface area contributed by atoms with Crippen LogP contribution in [0, 0.1) is 5.92 Å². The van der Waals surface area contributed by atoms with Gasteiger partial charge in [-0.05, 0) is 51.1 Å². The fourth-order valence-electron chi connectivity index (χ4n) is 3.16. The van der Waals surface area contributed by atoms with E-state index in [1.165, 1.54) is 58.3 Å². The van der Waals surface area contributed by atoms with Crippen LogP contribution in [0.15, 0.2) is 0 Å². The van der Waals surface area contributed by atoms with E-state index in [1.807, 2.05) is 0 Å². The molecule has 3 atom stereocenters. The normalized spacial score (nSPS) is 35.3. The van der Waals surface area contributed by atoms with Gasteiger partial charge in [-0.1, -0.05) is 13.8 Å². The van der Waals surface area contributed by atoms with Crippen molar-refractivity contribution in [3.05, 3.63) is 0 Å². The third kappa shape index (κ3) is 4.52. The molecule has 0 saturated carbocycles. The molecule has 2 aliphatic rings. The smallest absolute Gasteiger partial charge is 0.0588 e. The van der Waals surface area contributed by atoms with Crippen LogP contribution in [0.3, 0.4) is 0 Å². The van der Waals surface area contributed by atoms with E-state index in [1.54, 1.807) is 0 Å². The van der Waals surface area contributed by atoms with Crippen LogP contribution in [-0.2, 0) is 4.74 Å². The molecule has 0 aromatic heterocycles. The van der Waals surface area contributed by atoms with E-state index in [4.69, 9.17) is 4.74 Å². The van der Waals surface area contributed by atoms with Crippen LogP contribution >= 0.6 is 0 Å². The molecule has 2 heterocycles. The Balaban J connectivity index is 1.74. The zero-order chi connectivity index (χ0) is 12.8. The topological polar surface area (TPSA) is 24.5 Å². The van der Waals surface area contributed by atoms with E-state index >= 15 is 0 Å². The van der Waals surface area contributed by atoms with Crippen LogP contribution in [0.25, 0.3) is 0 Å². The molecule has 2 aliphatic heterocycles. The van der Waals surface area contributed by atoms with E-state index in [-0.39, 0.29) is 0 Å². The summed E-state index contributed by atoms with van der Waals surface area (Å²) in [5.41, 5.74) is 0. The van der Waals surface area contributed by atoms with Gasteiger partial charge in [0.15, 0.2) is 0 Å². The summed E-state index contributed by atoms with van der Waals surface area (Å²) in [4.78, 5) is 2.66. The number of rotatable bonds is 4. The number of hydrogen-bond acceptors (Lipinski definition) is 3. The van der Waals surface area contributed by atoms with Gasteiger partial charge in [0, 0.05) is 25.7 Å². The molecule has 0 amide bonds. The second kappa shape index (κ2) is 7.46. The maximum absolute atomic E-state index is 5.73. The number of ether oxygens (including phenoxy) is 1. The highest BCUT2D eigenvalue weighted by atomic mass is 16.5. The summed E-state index contributed by atoms with van der Waals surface area (Å²) in [6, 6.07) is 0.720. The highest BCUT2D eigenvalue weighted by molar-refractivity contribution is 4.76. The van der Waals surface area contributed by atoms with E-state index < -0.39 is 0 Å². The zero-order valence-electron chi connectivity index (χ0n) is 12.2. The van der Waals surface area contributed by atoms with Crippen molar-refractivity contribution in [1.29, 1.82) is 0 Å². The molecule has 3 nitrogen and oxygen atoms in total. The van der Waals surface area contributed by atoms with Crippen LogP contribution in [0.1, 0.15) is 46.0 Å². The van der Waals surface area contributed by atoms with Crippen molar-refractivity contribution in [3.8, 4) is 0 Å². The monoisotopic (exact) mass is 254 g/mol. The highest BCUT2D eigenvalue weighted by Gasteiger charge is 2.20. The largest absolute Gasteiger partial charge is 0.378 e. The molecule has 1 N–H and O–H groups in total. The minimum atomic E-state index is 0.547. The van der Waals surface area contributed by atoms with E-state index in [0.29, 0.717) is 6.10 Å². The Kier molecular flexibility index (Phi) is 5.93. The molecule has 0 aliphatic carbocycles. The molecule has 3 heteroatoms. The van der Waals surface area contributed by atoms with Gasteiger partial charge in [-0.3, -0.25) is 0 Å². The van der Waals surface area contributed by atoms with Gasteiger partial charge in [-0.25, -0.2) is 0 Å². The maximum Gasteiger partial charge on any atom is 0.0588 e. The molecule has 2 fully saturated rings. The molecule has 0 aromatic carbocycles. The molecule has 0 radical (unpaired) electrons. The molecule has 0 spiro atoms. The second-order valence-corrected chi connectivity index (χ2v) is 6.13. The molecule has 18 heavy (non-hydrogen) atoms. The first-order valence-corrected chi connectivity index (χ1v) is 7.85. The molecule has 2 saturated heterocycles. The number of nitrogens with one attached hydrogen (secondary N) is 1. The van der Waals surface area contributed by atoms with E-state index in [2.05, 4.69) is 24.1 Å². The van der Waals surface area contributed by atoms with Crippen LogP contribution in [0.4, 0.5) is 0 Å². The van der Waals surface area contributed by atoms with Crippen LogP contribution < -0.4 is 5.32 Å². The Morgan fingerprint density at radius 3 is 2.94 bits per heavy atom. The summed E-state index contributed by atoms with van der Waals surface area (Å²) in [6.45, 7) is 10.5. The fourth-order valence-corrected chi connectivity index (χ4v) is 3.16. The quantitative estimate of drug-likeness (QED) is 0.833. The molecule has 2 rings (SSSR count). The van der Waals surface area contributed by atoms with Gasteiger partial charge < -0.3 is 15.0 Å². The minimum Gasteiger partial charge on any atom is -0.378 e. The molecule has 0 bridgehead atoms. The van der Waals surface area contributed by atoms with Crippen molar-refractivity contribution < 1.29 is 4.74 Å². The van der Waals surface area contributed by atoms with Crippen molar-refractivity contribution in [2.45, 2.75) is 58.1 Å². The van der Waals surface area contributed by atoms with E-state index in [0.717, 1.165) is 18.6 Å². The predicted octanol–water partition coefficient (Wildman–Crippen LogP) is 2.27. The Morgan fingerprint density at radius 1 is 1.33 bits per heavy atom. The first-order chi connectivity index (χ1) is 8.78. The summed E-state index contributed by atoms with van der Waals surface area (Å²) >= 11 is 0. The second-order valence-electron chi connectivity index (χ2n) is 6.13. The third-order valence-corrected chi connectivity index (χ3v) is 4.40. The van der Waals surface area contributed by atoms with Crippen LogP contribution in [0.5, 0.6) is 0 Å². The Hall–Kier alpha value is -0.120. The van der Waals surface area contributed by atoms with Gasteiger partial charge in [0.2, 0.25) is 0 Å². The highest BCUT2D eigenvalue weighted by Crippen LogP contribution is 2.17. The molecular weight excluding hydrogens is 224 g/mol. The lowest BCUT2D eigenvalue weighted by Gasteiger charge is -2.32. The molecular formula is C15H30N2O. The first kappa shape index (κ1) is 14.3. The first-order valence-electron chi connectivity index (χ1n) is 7.85. The Morgan fingerprint density at radius 2 is 2.22 bits per heavy atom. The standard InChI is InChI=1S/C15H30N2O/c1-3-14-6-8-17(12-13(2)11-16-14)9-7-15-5-4-10-18-15/h13-16H,3-12H2,1-2H3. The zero-order valence-corrected chi connectivity index (χ0v) is 12.2. The van der Waals surface area contributed by atoms with E-state index in [9.17, 15) is 0 Å². The van der Waals surface area contributed by atoms with Gasteiger partial charge in [0.25, 0.3) is 0 Å². The minimum absolute atomic E-state index is 0.547. The van der Waals surface area contributed by atoms with Crippen LogP contribution in [-0.4, -0.2) is 49.8 Å². The summed E-state index contributed by atoms with van der Waals surface area (Å²) in [6.07, 6.45) is 6.88. The van der Waals surface area contributed by atoms with Gasteiger partial charge >= 0.3 is 0 Å². The average molecular weight is 254 g/mol. The average Bonchev–Trinajstić information content (AvgIpc) is 2.86. The lowest BCUT2D eigenvalue weighted by atomic mass is 10.0. The number of hydrogen-bond donors (Lipinski definition) is 1. The molecule has 0 aromatic rings. The summed E-state index contributed by atoms with van der Waals surface area (Å²) in [5.74, 6) is 0.767. The summed E-state index contributed by atoms with van der Waals surface area (Å²) in [5, 5.41) is 3.69. The van der Waals surface area contributed by atoms with Gasteiger partial charge in [-0.15, -0.1) is 0 Å². The fraction of sp³-hybridized carbons (Fsp3) is 1.00. The van der Waals surface area contributed by atoms with Crippen LogP contribution in [0.2, 0.25) is 0 Å². The molecule has 3 unspecified atom stereocenters. The van der Waals surface area contributed by atoms with Crippen molar-refractivity contribution in [2.24, 2.45) is 5.92 Å². The van der Waals surface area contributed by atoms with Crippen molar-refractivity contribution in [3.63, 3.8) is 0 Å². The Bertz CT molecular complexity index is 229. The maximum atomic E-state index is 5.73. The van der Waals surface area contributed by atoms with Gasteiger partial charge in [0.05, 0.1) is 6.10 Å². The predicted molar refractivity (Wildman–Crippen MR) is 75.9 cm³/mol. The SMILES string of the molecule is CCC1CCN(CCC2CCCO2)CC(C)CN1. The van der Waals surface area contributed by atoms with Crippen molar-refractivity contribution >= 4 is 0 Å². The van der Waals surface area contributed by atoms with Gasteiger partial charge in [-0.2, -0.15) is 0 Å². The molecule has 106 valence electrons. The lowest BCUT2D eigenvalue weighted by molar-refractivity contribution is 0.0871. The Labute approximate surface area is 112 Å². The summed E-state index contributed by atoms with van der Waals surface area (Å²) < 4.78 is 5.73. The van der Waals surface area contributed by atoms with Gasteiger partial charge in [0.1, 0.15) is 0 Å². The number of nitrogens with zero attached hydrogens (tertiary/aromatic N) is 1. The third-order valence-electron chi connectivity index (χ3n) is 4.40. The van der Waals surface area contributed by atoms with Crippen molar-refractivity contribution in [2.75, 3.05) is 32.8 Å². The van der Waals surface area contributed by atoms with Crippen molar-refractivity contribution in [1.82, 2.24) is 10.2 Å². The lowest BCUT2D eigenvalue weighted by Crippen LogP contribution is -2.44.